The van der Waals surface area contributed by atoms with Crippen LogP contribution in [0.2, 0.25) is 0 Å². The first-order chi connectivity index (χ1) is 21.9. The van der Waals surface area contributed by atoms with Crippen molar-refractivity contribution in [1.29, 1.82) is 5.26 Å². The molecule has 0 spiro atoms. The zero-order valence-electron chi connectivity index (χ0n) is 28.1. The van der Waals surface area contributed by atoms with E-state index in [0.717, 1.165) is 31.3 Å². The molecule has 3 rings (SSSR count). The van der Waals surface area contributed by atoms with Gasteiger partial charge in [-0.2, -0.15) is 5.26 Å². The van der Waals surface area contributed by atoms with Crippen LogP contribution in [-0.2, 0) is 14.2 Å². The van der Waals surface area contributed by atoms with Crippen molar-refractivity contribution in [2.75, 3.05) is 44.8 Å². The molecule has 1 aliphatic heterocycles. The van der Waals surface area contributed by atoms with Gasteiger partial charge in [0.15, 0.2) is 0 Å². The molecule has 1 unspecified atom stereocenters. The van der Waals surface area contributed by atoms with Crippen LogP contribution >= 0.6 is 11.6 Å². The number of hydrogen-bond donors (Lipinski definition) is 4. The number of carbonyl (C=O) groups is 1. The minimum Gasteiger partial charge on any atom is -0.444 e. The Kier molecular flexibility index (Phi) is 14.8. The first-order valence-electron chi connectivity index (χ1n) is 16.2. The molecule has 0 bridgehead atoms. The smallest absolute Gasteiger partial charge is 0.407 e. The average molecular weight is 658 g/mol. The number of aromatic nitrogens is 1. The van der Waals surface area contributed by atoms with Gasteiger partial charge in [-0.15, -0.1) is 0 Å². The second kappa shape index (κ2) is 18.2. The molecule has 1 atom stereocenters. The van der Waals surface area contributed by atoms with Crippen LogP contribution in [0.3, 0.4) is 0 Å². The summed E-state index contributed by atoms with van der Waals surface area (Å²) in [5.74, 6) is 1.34. The normalized spacial score (nSPS) is 21.3. The number of aliphatic imine (C=N–C) groups is 1. The molecule has 11 nitrogen and oxygen atoms in total. The van der Waals surface area contributed by atoms with Gasteiger partial charge in [-0.1, -0.05) is 17.7 Å². The van der Waals surface area contributed by atoms with Gasteiger partial charge in [-0.3, -0.25) is 0 Å². The summed E-state index contributed by atoms with van der Waals surface area (Å²) in [4.78, 5) is 20.8. The number of ether oxygens (including phenoxy) is 3. The van der Waals surface area contributed by atoms with Crippen LogP contribution in [0.4, 0.5) is 10.6 Å². The fraction of sp³-hybridized carbons (Fsp3) is 0.647. The maximum absolute atomic E-state index is 11.7. The lowest BCUT2D eigenvalue weighted by Crippen LogP contribution is -2.44. The number of alkyl carbamates (subject to hydrolysis) is 1. The summed E-state index contributed by atoms with van der Waals surface area (Å²) in [5, 5.41) is 23.7. The van der Waals surface area contributed by atoms with Gasteiger partial charge in [0.2, 0.25) is 0 Å². The van der Waals surface area contributed by atoms with Gasteiger partial charge in [-0.05, 0) is 98.1 Å². The zero-order chi connectivity index (χ0) is 33.6. The number of allylic oxidation sites excluding steroid dienone is 3. The highest BCUT2D eigenvalue weighted by atomic mass is 35.5. The van der Waals surface area contributed by atoms with Gasteiger partial charge in [-0.25, -0.2) is 14.8 Å². The summed E-state index contributed by atoms with van der Waals surface area (Å²) < 4.78 is 16.4. The van der Waals surface area contributed by atoms with E-state index >= 15 is 0 Å². The summed E-state index contributed by atoms with van der Waals surface area (Å²) in [6.07, 6.45) is 6.89. The van der Waals surface area contributed by atoms with Crippen molar-refractivity contribution in [2.24, 2.45) is 10.4 Å². The summed E-state index contributed by atoms with van der Waals surface area (Å²) >= 11 is 6.56. The van der Waals surface area contributed by atoms with Crippen LogP contribution in [0, 0.1) is 16.7 Å². The van der Waals surface area contributed by atoms with E-state index < -0.39 is 17.1 Å². The highest BCUT2D eigenvalue weighted by Gasteiger charge is 2.32. The highest BCUT2D eigenvalue weighted by Crippen LogP contribution is 2.30. The Morgan fingerprint density at radius 2 is 1.96 bits per heavy atom. The number of anilines is 1. The van der Waals surface area contributed by atoms with Crippen molar-refractivity contribution in [3.05, 3.63) is 40.8 Å². The van der Waals surface area contributed by atoms with Gasteiger partial charge in [0.05, 0.1) is 30.4 Å². The van der Waals surface area contributed by atoms with Crippen LogP contribution in [0.1, 0.15) is 78.8 Å². The van der Waals surface area contributed by atoms with Crippen LogP contribution in [0.5, 0.6) is 0 Å². The number of nitrogens with one attached hydrogen (secondary N) is 4. The Morgan fingerprint density at radius 1 is 1.26 bits per heavy atom. The lowest BCUT2D eigenvalue weighted by Gasteiger charge is -2.32. The Balaban J connectivity index is 1.46. The Morgan fingerprint density at radius 3 is 2.59 bits per heavy atom. The zero-order valence-corrected chi connectivity index (χ0v) is 28.8. The van der Waals surface area contributed by atoms with Crippen molar-refractivity contribution >= 4 is 35.8 Å². The van der Waals surface area contributed by atoms with Crippen molar-refractivity contribution in [2.45, 2.75) is 96.9 Å². The molecule has 1 amide bonds. The number of amides is 1. The molecule has 1 aliphatic carbocycles. The third-order valence-electron chi connectivity index (χ3n) is 8.02. The quantitative estimate of drug-likeness (QED) is 0.105. The summed E-state index contributed by atoms with van der Waals surface area (Å²) in [5.41, 5.74) is 0.497. The summed E-state index contributed by atoms with van der Waals surface area (Å²) in [6, 6.07) is 9.09. The third kappa shape index (κ3) is 12.9. The molecule has 2 heterocycles. The molecule has 0 radical (unpaired) electrons. The number of nitrogens with zero attached hydrogens (tertiary/aromatic N) is 3. The lowest BCUT2D eigenvalue weighted by molar-refractivity contribution is 0.0455. The number of carbonyl (C=O) groups excluding carboxylic acids is 1. The van der Waals surface area contributed by atoms with E-state index in [9.17, 15) is 10.1 Å². The molecule has 2 aliphatic rings. The Labute approximate surface area is 279 Å². The molecule has 2 fully saturated rings. The van der Waals surface area contributed by atoms with E-state index in [4.69, 9.17) is 30.8 Å². The third-order valence-corrected chi connectivity index (χ3v) is 8.23. The SMILES string of the molecule is C=N/C(=C\C(=C(/C)Cl)c1cccc(NCC2(C#N)CCOCC2)n1)NC1CCC(NC(C)COCCNC(=O)OC(C)(C)C)CC1. The van der Waals surface area contributed by atoms with E-state index in [0.29, 0.717) is 80.8 Å². The van der Waals surface area contributed by atoms with Gasteiger partial charge < -0.3 is 35.5 Å². The van der Waals surface area contributed by atoms with E-state index in [1.807, 2.05) is 52.0 Å². The molecule has 4 N–H and O–H groups in total. The summed E-state index contributed by atoms with van der Waals surface area (Å²) in [7, 11) is 0. The molecule has 254 valence electrons. The van der Waals surface area contributed by atoms with Gasteiger partial charge in [0.1, 0.15) is 17.2 Å². The van der Waals surface area contributed by atoms with Crippen LogP contribution in [-0.4, -0.2) is 81.0 Å². The lowest BCUT2D eigenvalue weighted by atomic mass is 9.82. The highest BCUT2D eigenvalue weighted by molar-refractivity contribution is 6.32. The first kappa shape index (κ1) is 37.3. The topological polar surface area (TPSA) is 142 Å². The Hall–Kier alpha value is -3.17. The number of nitriles is 1. The Bertz CT molecular complexity index is 1240. The molecule has 0 aromatic carbocycles. The minimum absolute atomic E-state index is 0.195. The largest absolute Gasteiger partial charge is 0.444 e. The molecular formula is C34H52ClN7O4. The fourth-order valence-electron chi connectivity index (χ4n) is 5.52. The van der Waals surface area contributed by atoms with Gasteiger partial charge >= 0.3 is 6.09 Å². The van der Waals surface area contributed by atoms with E-state index in [-0.39, 0.29) is 12.1 Å². The second-order valence-electron chi connectivity index (χ2n) is 13.2. The van der Waals surface area contributed by atoms with Crippen molar-refractivity contribution in [3.8, 4) is 6.07 Å². The minimum atomic E-state index is -0.515. The van der Waals surface area contributed by atoms with Gasteiger partial charge in [0, 0.05) is 55.0 Å². The molecule has 46 heavy (non-hydrogen) atoms. The van der Waals surface area contributed by atoms with E-state index in [1.165, 1.54) is 0 Å². The van der Waals surface area contributed by atoms with Crippen LogP contribution < -0.4 is 21.3 Å². The predicted molar refractivity (Wildman–Crippen MR) is 184 cm³/mol. The van der Waals surface area contributed by atoms with Crippen LogP contribution in [0.15, 0.2) is 40.1 Å². The van der Waals surface area contributed by atoms with E-state index in [2.05, 4.69) is 46.0 Å². The number of halogens is 1. The number of hydrogen-bond acceptors (Lipinski definition) is 10. The van der Waals surface area contributed by atoms with Crippen molar-refractivity contribution in [1.82, 2.24) is 20.9 Å². The maximum Gasteiger partial charge on any atom is 0.407 e. The first-order valence-corrected chi connectivity index (χ1v) is 16.6. The molecular weight excluding hydrogens is 606 g/mol. The fourth-order valence-corrected chi connectivity index (χ4v) is 5.67. The molecule has 12 heteroatoms. The van der Waals surface area contributed by atoms with Gasteiger partial charge in [0.25, 0.3) is 0 Å². The summed E-state index contributed by atoms with van der Waals surface area (Å²) in [6.45, 7) is 16.3. The number of rotatable bonds is 15. The maximum atomic E-state index is 11.7. The number of pyridine rings is 1. The standard InChI is InChI=1S/C34H52ClN7O4/c1-24(21-45-19-16-38-32(43)46-33(3,4)5)40-26-10-12-27(13-11-26)41-31(37-6)20-28(25(2)35)29-8-7-9-30(42-29)39-23-34(22-36)14-17-44-18-15-34/h7-9,20,24,26-27,40-41H,6,10-19,21,23H2,1-5H3,(H,38,43)(H,39,42)/b28-25-,31-20+. The molecule has 1 aromatic rings. The van der Waals surface area contributed by atoms with Crippen LogP contribution in [0.25, 0.3) is 5.57 Å². The van der Waals surface area contributed by atoms with Crippen molar-refractivity contribution < 1.29 is 19.0 Å². The predicted octanol–water partition coefficient (Wildman–Crippen LogP) is 5.75. The average Bonchev–Trinajstić information content (AvgIpc) is 3.02. The van der Waals surface area contributed by atoms with Crippen molar-refractivity contribution in [3.63, 3.8) is 0 Å². The van der Waals surface area contributed by atoms with E-state index in [1.54, 1.807) is 0 Å². The second-order valence-corrected chi connectivity index (χ2v) is 13.7. The molecule has 1 aromatic heterocycles. The molecule has 1 saturated heterocycles. The monoisotopic (exact) mass is 657 g/mol. The molecule has 1 saturated carbocycles.